The summed E-state index contributed by atoms with van der Waals surface area (Å²) in [6.45, 7) is 2.73. The molecule has 1 saturated heterocycles. The highest BCUT2D eigenvalue weighted by Crippen LogP contribution is 2.31. The van der Waals surface area contributed by atoms with Crippen LogP contribution in [0.4, 0.5) is 10.1 Å². The minimum Gasteiger partial charge on any atom is -0.373 e. The predicted molar refractivity (Wildman–Crippen MR) is 98.5 cm³/mol. The van der Waals surface area contributed by atoms with Gasteiger partial charge >= 0.3 is 0 Å². The van der Waals surface area contributed by atoms with E-state index in [0.717, 1.165) is 31.4 Å². The van der Waals surface area contributed by atoms with E-state index in [9.17, 15) is 14.0 Å². The van der Waals surface area contributed by atoms with Crippen molar-refractivity contribution in [2.24, 2.45) is 0 Å². The van der Waals surface area contributed by atoms with Crippen LogP contribution in [0.2, 0.25) is 0 Å². The van der Waals surface area contributed by atoms with E-state index < -0.39 is 12.1 Å². The van der Waals surface area contributed by atoms with E-state index >= 15 is 0 Å². The maximum Gasteiger partial charge on any atom is 0.246 e. The molecule has 2 amide bonds. The normalized spacial score (nSPS) is 22.9. The Balaban J connectivity index is 1.73. The van der Waals surface area contributed by atoms with Crippen molar-refractivity contribution in [1.29, 1.82) is 0 Å². The molecule has 1 aromatic rings. The third-order valence-corrected chi connectivity index (χ3v) is 5.26. The summed E-state index contributed by atoms with van der Waals surface area (Å²) in [5.74, 6) is -0.702. The number of amides is 2. The molecule has 142 valence electrons. The van der Waals surface area contributed by atoms with Crippen LogP contribution in [0.15, 0.2) is 12.1 Å². The molecule has 6 nitrogen and oxygen atoms in total. The van der Waals surface area contributed by atoms with Gasteiger partial charge in [0, 0.05) is 37.8 Å². The fourth-order valence-electron chi connectivity index (χ4n) is 3.76. The maximum atomic E-state index is 14.1. The van der Waals surface area contributed by atoms with Crippen molar-refractivity contribution in [3.8, 4) is 0 Å². The van der Waals surface area contributed by atoms with Gasteiger partial charge in [0.1, 0.15) is 17.9 Å². The number of nitrogens with zero attached hydrogens (tertiary/aromatic N) is 1. The van der Waals surface area contributed by atoms with Gasteiger partial charge in [-0.1, -0.05) is 12.5 Å². The number of aryl methyl sites for hydroxylation is 1. The molecule has 2 heterocycles. The number of carbonyl (C=O) groups is 2. The van der Waals surface area contributed by atoms with Crippen LogP contribution >= 0.6 is 0 Å². The number of nitrogens with one attached hydrogen (secondary N) is 3. The summed E-state index contributed by atoms with van der Waals surface area (Å²) < 4.78 is 14.1. The van der Waals surface area contributed by atoms with Crippen LogP contribution in [0, 0.1) is 12.7 Å². The van der Waals surface area contributed by atoms with Gasteiger partial charge in [-0.25, -0.2) is 4.39 Å². The van der Waals surface area contributed by atoms with E-state index in [1.54, 1.807) is 20.2 Å². The van der Waals surface area contributed by atoms with Gasteiger partial charge < -0.3 is 20.9 Å². The van der Waals surface area contributed by atoms with E-state index in [1.807, 2.05) is 6.92 Å². The fraction of sp³-hybridized carbons (Fsp3) is 0.579. The molecule has 2 aliphatic heterocycles. The van der Waals surface area contributed by atoms with E-state index in [4.69, 9.17) is 0 Å². The van der Waals surface area contributed by atoms with Crippen LogP contribution in [-0.2, 0) is 16.0 Å². The molecular weight excluding hydrogens is 335 g/mol. The maximum absolute atomic E-state index is 14.1. The fourth-order valence-corrected chi connectivity index (χ4v) is 3.76. The van der Waals surface area contributed by atoms with Crippen LogP contribution in [0.5, 0.6) is 0 Å². The molecule has 0 radical (unpaired) electrons. The SMILES string of the molecule is Cc1ccc(F)c2c1NC(C(=O)NC(C(=O)N(C)C)C1CCCCN1)C2. The molecule has 7 heteroatoms. The number of benzene rings is 1. The lowest BCUT2D eigenvalue weighted by Gasteiger charge is -2.33. The van der Waals surface area contributed by atoms with Crippen molar-refractivity contribution in [2.45, 2.75) is 50.7 Å². The lowest BCUT2D eigenvalue weighted by Crippen LogP contribution is -2.60. The van der Waals surface area contributed by atoms with Crippen LogP contribution in [0.3, 0.4) is 0 Å². The number of rotatable bonds is 4. The molecule has 3 unspecified atom stereocenters. The van der Waals surface area contributed by atoms with Gasteiger partial charge in [0.25, 0.3) is 0 Å². The summed E-state index contributed by atoms with van der Waals surface area (Å²) in [6, 6.07) is 1.87. The Morgan fingerprint density at radius 3 is 2.69 bits per heavy atom. The standard InChI is InChI=1S/C19H27FN4O2/c1-11-7-8-13(20)12-10-15(22-16(11)12)18(25)23-17(19(26)24(2)3)14-6-4-5-9-21-14/h7-8,14-15,17,21-22H,4-6,9-10H2,1-3H3,(H,23,25). The lowest BCUT2D eigenvalue weighted by atomic mass is 9.96. The zero-order valence-electron chi connectivity index (χ0n) is 15.6. The minimum absolute atomic E-state index is 0.0788. The summed E-state index contributed by atoms with van der Waals surface area (Å²) in [5, 5.41) is 9.37. The third kappa shape index (κ3) is 3.67. The average Bonchev–Trinajstić information content (AvgIpc) is 3.09. The molecule has 0 saturated carbocycles. The zero-order chi connectivity index (χ0) is 18.8. The van der Waals surface area contributed by atoms with Gasteiger partial charge in [0.05, 0.1) is 0 Å². The van der Waals surface area contributed by atoms with Crippen molar-refractivity contribution < 1.29 is 14.0 Å². The Bertz CT molecular complexity index is 670. The molecule has 3 atom stereocenters. The highest BCUT2D eigenvalue weighted by Gasteiger charge is 2.36. The topological polar surface area (TPSA) is 73.5 Å². The Labute approximate surface area is 153 Å². The molecule has 0 aliphatic carbocycles. The summed E-state index contributed by atoms with van der Waals surface area (Å²) in [4.78, 5) is 26.9. The number of halogens is 1. The van der Waals surface area contributed by atoms with Crippen LogP contribution in [0.25, 0.3) is 0 Å². The molecule has 3 rings (SSSR count). The van der Waals surface area contributed by atoms with Crippen molar-refractivity contribution in [1.82, 2.24) is 15.5 Å². The van der Waals surface area contributed by atoms with Crippen molar-refractivity contribution >= 4 is 17.5 Å². The van der Waals surface area contributed by atoms with Crippen LogP contribution in [0.1, 0.15) is 30.4 Å². The summed E-state index contributed by atoms with van der Waals surface area (Å²) in [7, 11) is 3.37. The number of carbonyl (C=O) groups excluding carboxylic acids is 2. The van der Waals surface area contributed by atoms with Crippen molar-refractivity contribution in [3.05, 3.63) is 29.1 Å². The second-order valence-corrected chi connectivity index (χ2v) is 7.39. The molecule has 3 N–H and O–H groups in total. The largest absolute Gasteiger partial charge is 0.373 e. The summed E-state index contributed by atoms with van der Waals surface area (Å²) >= 11 is 0. The number of likely N-dealkylation sites (N-methyl/N-ethyl adjacent to an activating group) is 1. The van der Waals surface area contributed by atoms with E-state index in [-0.39, 0.29) is 30.1 Å². The Morgan fingerprint density at radius 2 is 2.08 bits per heavy atom. The Kier molecular flexibility index (Phi) is 5.46. The van der Waals surface area contributed by atoms with Crippen molar-refractivity contribution in [2.75, 3.05) is 26.0 Å². The first-order valence-corrected chi connectivity index (χ1v) is 9.18. The van der Waals surface area contributed by atoms with Gasteiger partial charge in [0.15, 0.2) is 0 Å². The zero-order valence-corrected chi connectivity index (χ0v) is 15.6. The Hall–Kier alpha value is -2.15. The van der Waals surface area contributed by atoms with Crippen LogP contribution < -0.4 is 16.0 Å². The molecule has 26 heavy (non-hydrogen) atoms. The summed E-state index contributed by atoms with van der Waals surface area (Å²) in [6.07, 6.45) is 3.24. The quantitative estimate of drug-likeness (QED) is 0.752. The van der Waals surface area contributed by atoms with E-state index in [2.05, 4.69) is 16.0 Å². The molecule has 0 spiro atoms. The molecule has 0 aromatic heterocycles. The first-order chi connectivity index (χ1) is 12.4. The lowest BCUT2D eigenvalue weighted by molar-refractivity contribution is -0.135. The summed E-state index contributed by atoms with van der Waals surface area (Å²) in [5.41, 5.74) is 2.14. The molecule has 0 bridgehead atoms. The van der Waals surface area contributed by atoms with Crippen molar-refractivity contribution in [3.63, 3.8) is 0 Å². The van der Waals surface area contributed by atoms with Gasteiger partial charge in [-0.2, -0.15) is 0 Å². The highest BCUT2D eigenvalue weighted by molar-refractivity contribution is 5.93. The second kappa shape index (κ2) is 7.61. The average molecular weight is 362 g/mol. The smallest absolute Gasteiger partial charge is 0.246 e. The molecule has 2 aliphatic rings. The molecule has 1 aromatic carbocycles. The monoisotopic (exact) mass is 362 g/mol. The predicted octanol–water partition coefficient (Wildman–Crippen LogP) is 1.19. The van der Waals surface area contributed by atoms with Gasteiger partial charge in [0.2, 0.25) is 11.8 Å². The Morgan fingerprint density at radius 1 is 1.31 bits per heavy atom. The van der Waals surface area contributed by atoms with Gasteiger partial charge in [-0.3, -0.25) is 9.59 Å². The number of hydrogen-bond donors (Lipinski definition) is 3. The first-order valence-electron chi connectivity index (χ1n) is 9.18. The van der Waals surface area contributed by atoms with E-state index in [0.29, 0.717) is 11.3 Å². The molecular formula is C19H27FN4O2. The highest BCUT2D eigenvalue weighted by atomic mass is 19.1. The van der Waals surface area contributed by atoms with E-state index in [1.165, 1.54) is 11.0 Å². The third-order valence-electron chi connectivity index (χ3n) is 5.26. The second-order valence-electron chi connectivity index (χ2n) is 7.39. The van der Waals surface area contributed by atoms with Gasteiger partial charge in [-0.05, 0) is 37.9 Å². The minimum atomic E-state index is -0.616. The number of anilines is 1. The first kappa shape index (κ1) is 18.6. The molecule has 1 fully saturated rings. The van der Waals surface area contributed by atoms with Gasteiger partial charge in [-0.15, -0.1) is 0 Å². The number of piperidine rings is 1. The van der Waals surface area contributed by atoms with Crippen LogP contribution in [-0.4, -0.2) is 55.5 Å². The number of fused-ring (bicyclic) bond motifs is 1. The number of hydrogen-bond acceptors (Lipinski definition) is 4.